The molecule has 0 fully saturated rings. The Morgan fingerprint density at radius 3 is 2.93 bits per heavy atom. The van der Waals surface area contributed by atoms with Crippen molar-refractivity contribution in [1.82, 2.24) is 15.3 Å². The largest absolute Gasteiger partial charge is 0.350 e. The molecule has 14 heavy (non-hydrogen) atoms. The van der Waals surface area contributed by atoms with Crippen LogP contribution >= 0.6 is 15.9 Å². The molecule has 0 unspecified atom stereocenters. The number of halogens is 1. The van der Waals surface area contributed by atoms with Gasteiger partial charge in [-0.25, -0.2) is 9.97 Å². The van der Waals surface area contributed by atoms with Crippen molar-refractivity contribution in [3.05, 3.63) is 22.7 Å². The molecular formula is C9H12BrN3O. The van der Waals surface area contributed by atoms with Crippen LogP contribution in [0.1, 0.15) is 24.3 Å². The van der Waals surface area contributed by atoms with Gasteiger partial charge >= 0.3 is 0 Å². The Morgan fingerprint density at radius 1 is 1.64 bits per heavy atom. The second-order valence-corrected chi connectivity index (χ2v) is 4.18. The van der Waals surface area contributed by atoms with E-state index in [4.69, 9.17) is 0 Å². The first-order valence-corrected chi connectivity index (χ1v) is 5.14. The maximum absolute atomic E-state index is 11.5. The van der Waals surface area contributed by atoms with Crippen molar-refractivity contribution in [2.24, 2.45) is 5.92 Å². The molecule has 0 saturated carbocycles. The van der Waals surface area contributed by atoms with Gasteiger partial charge in [0.15, 0.2) is 0 Å². The van der Waals surface area contributed by atoms with Gasteiger partial charge in [-0.2, -0.15) is 0 Å². The molecule has 0 aliphatic carbocycles. The second-order valence-electron chi connectivity index (χ2n) is 3.32. The van der Waals surface area contributed by atoms with Gasteiger partial charge in [0.1, 0.15) is 12.0 Å². The fourth-order valence-electron chi connectivity index (χ4n) is 0.860. The van der Waals surface area contributed by atoms with E-state index < -0.39 is 0 Å². The van der Waals surface area contributed by atoms with Crippen molar-refractivity contribution < 1.29 is 4.79 Å². The van der Waals surface area contributed by atoms with E-state index in [9.17, 15) is 4.79 Å². The highest BCUT2D eigenvalue weighted by Crippen LogP contribution is 2.11. The fraction of sp³-hybridized carbons (Fsp3) is 0.444. The molecule has 1 heterocycles. The topological polar surface area (TPSA) is 54.9 Å². The highest BCUT2D eigenvalue weighted by molar-refractivity contribution is 9.10. The van der Waals surface area contributed by atoms with Crippen LogP contribution in [0.2, 0.25) is 0 Å². The molecular weight excluding hydrogens is 246 g/mol. The lowest BCUT2D eigenvalue weighted by molar-refractivity contribution is 0.0943. The van der Waals surface area contributed by atoms with Crippen molar-refractivity contribution in [2.45, 2.75) is 13.8 Å². The van der Waals surface area contributed by atoms with Crippen LogP contribution in [-0.2, 0) is 0 Å². The number of aromatic nitrogens is 2. The van der Waals surface area contributed by atoms with E-state index in [0.29, 0.717) is 22.6 Å². The fourth-order valence-corrected chi connectivity index (χ4v) is 1.26. The highest BCUT2D eigenvalue weighted by Gasteiger charge is 2.10. The number of hydrogen-bond donors (Lipinski definition) is 1. The Labute approximate surface area is 91.3 Å². The SMILES string of the molecule is CC(C)CNC(=O)c1ncncc1Br. The number of hydrogen-bond acceptors (Lipinski definition) is 3. The zero-order valence-corrected chi connectivity index (χ0v) is 9.71. The van der Waals surface area contributed by atoms with Gasteiger partial charge in [0, 0.05) is 12.7 Å². The molecule has 0 atom stereocenters. The molecule has 76 valence electrons. The van der Waals surface area contributed by atoms with Crippen LogP contribution in [0.3, 0.4) is 0 Å². The Kier molecular flexibility index (Phi) is 4.00. The average molecular weight is 258 g/mol. The van der Waals surface area contributed by atoms with Crippen molar-refractivity contribution >= 4 is 21.8 Å². The van der Waals surface area contributed by atoms with Crippen LogP contribution in [-0.4, -0.2) is 22.4 Å². The lowest BCUT2D eigenvalue weighted by Gasteiger charge is -2.07. The molecule has 1 rings (SSSR count). The van der Waals surface area contributed by atoms with E-state index in [1.165, 1.54) is 6.33 Å². The van der Waals surface area contributed by atoms with E-state index in [-0.39, 0.29) is 5.91 Å². The summed E-state index contributed by atoms with van der Waals surface area (Å²) in [7, 11) is 0. The summed E-state index contributed by atoms with van der Waals surface area (Å²) in [5, 5.41) is 2.78. The quantitative estimate of drug-likeness (QED) is 0.896. The molecule has 1 amide bonds. The van der Waals surface area contributed by atoms with Crippen molar-refractivity contribution in [1.29, 1.82) is 0 Å². The minimum atomic E-state index is -0.173. The summed E-state index contributed by atoms with van der Waals surface area (Å²) in [6, 6.07) is 0. The summed E-state index contributed by atoms with van der Waals surface area (Å²) in [5.41, 5.74) is 0.376. The van der Waals surface area contributed by atoms with Gasteiger partial charge in [-0.05, 0) is 21.8 Å². The molecule has 4 nitrogen and oxygen atoms in total. The summed E-state index contributed by atoms with van der Waals surface area (Å²) >= 11 is 3.22. The molecule has 0 radical (unpaired) electrons. The number of rotatable bonds is 3. The van der Waals surface area contributed by atoms with E-state index in [0.717, 1.165) is 0 Å². The molecule has 1 aromatic rings. The van der Waals surface area contributed by atoms with Gasteiger partial charge in [0.05, 0.1) is 4.47 Å². The predicted molar refractivity (Wildman–Crippen MR) is 56.9 cm³/mol. The number of carbonyl (C=O) groups excluding carboxylic acids is 1. The number of amides is 1. The van der Waals surface area contributed by atoms with Crippen molar-refractivity contribution in [2.75, 3.05) is 6.54 Å². The summed E-state index contributed by atoms with van der Waals surface area (Å²) in [6.45, 7) is 4.72. The van der Waals surface area contributed by atoms with Crippen LogP contribution < -0.4 is 5.32 Å². The summed E-state index contributed by atoms with van der Waals surface area (Å²) in [4.78, 5) is 19.2. The van der Waals surface area contributed by atoms with Gasteiger partial charge in [-0.15, -0.1) is 0 Å². The van der Waals surface area contributed by atoms with E-state index in [1.54, 1.807) is 6.20 Å². The Balaban J connectivity index is 2.65. The molecule has 5 heteroatoms. The average Bonchev–Trinajstić information content (AvgIpc) is 2.15. The Morgan fingerprint density at radius 2 is 2.36 bits per heavy atom. The molecule has 0 bridgehead atoms. The minimum absolute atomic E-state index is 0.173. The minimum Gasteiger partial charge on any atom is -0.350 e. The standard InChI is InChI=1S/C9H12BrN3O/c1-6(2)3-12-9(14)8-7(10)4-11-5-13-8/h4-6H,3H2,1-2H3,(H,12,14). The molecule has 1 N–H and O–H groups in total. The van der Waals surface area contributed by atoms with Gasteiger partial charge in [-0.3, -0.25) is 4.79 Å². The first-order valence-electron chi connectivity index (χ1n) is 4.35. The summed E-state index contributed by atoms with van der Waals surface area (Å²) < 4.78 is 0.612. The van der Waals surface area contributed by atoms with Crippen LogP contribution in [0.4, 0.5) is 0 Å². The molecule has 0 aliphatic rings. The summed E-state index contributed by atoms with van der Waals surface area (Å²) in [5.74, 6) is 0.257. The zero-order chi connectivity index (χ0) is 10.6. The van der Waals surface area contributed by atoms with Gasteiger partial charge in [-0.1, -0.05) is 13.8 Å². The van der Waals surface area contributed by atoms with E-state index >= 15 is 0 Å². The molecule has 0 aliphatic heterocycles. The second kappa shape index (κ2) is 5.05. The van der Waals surface area contributed by atoms with Gasteiger partial charge in [0.2, 0.25) is 0 Å². The van der Waals surface area contributed by atoms with Crippen molar-refractivity contribution in [3.63, 3.8) is 0 Å². The lowest BCUT2D eigenvalue weighted by atomic mass is 10.2. The van der Waals surface area contributed by atoms with Gasteiger partial charge in [0.25, 0.3) is 5.91 Å². The zero-order valence-electron chi connectivity index (χ0n) is 8.12. The molecule has 0 saturated heterocycles. The lowest BCUT2D eigenvalue weighted by Crippen LogP contribution is -2.28. The predicted octanol–water partition coefficient (Wildman–Crippen LogP) is 1.62. The third-order valence-electron chi connectivity index (χ3n) is 1.55. The molecule has 0 spiro atoms. The monoisotopic (exact) mass is 257 g/mol. The molecule has 1 aromatic heterocycles. The number of nitrogens with zero attached hydrogens (tertiary/aromatic N) is 2. The van der Waals surface area contributed by atoms with Crippen molar-refractivity contribution in [3.8, 4) is 0 Å². The highest BCUT2D eigenvalue weighted by atomic mass is 79.9. The number of carbonyl (C=O) groups is 1. The Hall–Kier alpha value is -0.970. The first kappa shape index (κ1) is 11.1. The third kappa shape index (κ3) is 3.06. The Bertz CT molecular complexity index is 328. The van der Waals surface area contributed by atoms with Crippen LogP contribution in [0.5, 0.6) is 0 Å². The van der Waals surface area contributed by atoms with Gasteiger partial charge < -0.3 is 5.32 Å². The maximum atomic E-state index is 11.5. The van der Waals surface area contributed by atoms with Crippen LogP contribution in [0, 0.1) is 5.92 Å². The van der Waals surface area contributed by atoms with E-state index in [2.05, 4.69) is 31.2 Å². The number of nitrogens with one attached hydrogen (secondary N) is 1. The molecule has 0 aromatic carbocycles. The first-order chi connectivity index (χ1) is 6.61. The summed E-state index contributed by atoms with van der Waals surface area (Å²) in [6.07, 6.45) is 2.91. The van der Waals surface area contributed by atoms with E-state index in [1.807, 2.05) is 13.8 Å². The maximum Gasteiger partial charge on any atom is 0.271 e. The van der Waals surface area contributed by atoms with Crippen LogP contribution in [0.25, 0.3) is 0 Å². The normalized spacial score (nSPS) is 10.3. The third-order valence-corrected chi connectivity index (χ3v) is 2.13. The smallest absolute Gasteiger partial charge is 0.271 e. The van der Waals surface area contributed by atoms with Crippen LogP contribution in [0.15, 0.2) is 17.0 Å².